The first-order valence-corrected chi connectivity index (χ1v) is 6.13. The first kappa shape index (κ1) is 16.5. The molecule has 0 spiro atoms. The van der Waals surface area contributed by atoms with Crippen LogP contribution in [0.5, 0.6) is 0 Å². The predicted octanol–water partition coefficient (Wildman–Crippen LogP) is 1.24. The van der Waals surface area contributed by atoms with Crippen molar-refractivity contribution < 1.29 is 18.9 Å². The van der Waals surface area contributed by atoms with E-state index in [9.17, 15) is 24.1 Å². The number of nitrogens with zero attached hydrogens (tertiary/aromatic N) is 1. The van der Waals surface area contributed by atoms with Crippen LogP contribution in [0.25, 0.3) is 0 Å². The summed E-state index contributed by atoms with van der Waals surface area (Å²) in [5.41, 5.74) is -1.58. The van der Waals surface area contributed by atoms with Crippen molar-refractivity contribution in [2.75, 3.05) is 13.6 Å². The van der Waals surface area contributed by atoms with Gasteiger partial charge >= 0.3 is 5.69 Å². The van der Waals surface area contributed by atoms with Crippen molar-refractivity contribution in [1.82, 2.24) is 10.6 Å². The molecule has 0 heterocycles. The van der Waals surface area contributed by atoms with Crippen LogP contribution < -0.4 is 10.6 Å². The number of halogens is 1. The molecule has 0 unspecified atom stereocenters. The van der Waals surface area contributed by atoms with E-state index in [4.69, 9.17) is 0 Å². The Kier molecular flexibility index (Phi) is 4.96. The molecular formula is C13H16FN3O4. The number of benzene rings is 1. The predicted molar refractivity (Wildman–Crippen MR) is 73.2 cm³/mol. The van der Waals surface area contributed by atoms with Crippen LogP contribution in [0.1, 0.15) is 24.2 Å². The van der Waals surface area contributed by atoms with Crippen molar-refractivity contribution in [1.29, 1.82) is 0 Å². The molecule has 1 aromatic rings. The van der Waals surface area contributed by atoms with E-state index in [-0.39, 0.29) is 18.0 Å². The molecule has 21 heavy (non-hydrogen) atoms. The molecule has 0 aromatic heterocycles. The lowest BCUT2D eigenvalue weighted by molar-refractivity contribution is -0.387. The average Bonchev–Trinajstić information content (AvgIpc) is 2.43. The Morgan fingerprint density at radius 1 is 1.38 bits per heavy atom. The van der Waals surface area contributed by atoms with E-state index in [1.165, 1.54) is 7.05 Å². The Bertz CT molecular complexity index is 587. The van der Waals surface area contributed by atoms with Crippen LogP contribution in [-0.4, -0.2) is 30.3 Å². The highest BCUT2D eigenvalue weighted by molar-refractivity contribution is 5.95. The normalized spacial score (nSPS) is 10.9. The number of carbonyl (C=O) groups excluding carboxylic acids is 2. The standard InChI is InChI=1S/C13H16FN3O4/c1-13(2,12(19)15-3)7-16-11(18)8-4-5-10(17(20)21)9(14)6-8/h4-6H,7H2,1-3H3,(H,15,19)(H,16,18). The van der Waals surface area contributed by atoms with Gasteiger partial charge in [0.2, 0.25) is 11.7 Å². The fraction of sp³-hybridized carbons (Fsp3) is 0.385. The lowest BCUT2D eigenvalue weighted by Gasteiger charge is -2.22. The number of amides is 2. The van der Waals surface area contributed by atoms with E-state index in [1.54, 1.807) is 13.8 Å². The summed E-state index contributed by atoms with van der Waals surface area (Å²) in [5, 5.41) is 15.5. The SMILES string of the molecule is CNC(=O)C(C)(C)CNC(=O)c1ccc([N+](=O)[O-])c(F)c1. The molecular weight excluding hydrogens is 281 g/mol. The van der Waals surface area contributed by atoms with E-state index < -0.39 is 27.8 Å². The molecule has 0 radical (unpaired) electrons. The van der Waals surface area contributed by atoms with Gasteiger partial charge in [-0.25, -0.2) is 0 Å². The molecule has 0 aliphatic rings. The number of hydrogen-bond donors (Lipinski definition) is 2. The first-order valence-electron chi connectivity index (χ1n) is 6.13. The smallest absolute Gasteiger partial charge is 0.304 e. The number of rotatable bonds is 5. The summed E-state index contributed by atoms with van der Waals surface area (Å²) in [6, 6.07) is 2.87. The van der Waals surface area contributed by atoms with Crippen LogP contribution in [0.4, 0.5) is 10.1 Å². The number of nitro groups is 1. The highest BCUT2D eigenvalue weighted by atomic mass is 19.1. The van der Waals surface area contributed by atoms with Gasteiger partial charge in [0, 0.05) is 25.2 Å². The molecule has 1 rings (SSSR count). The summed E-state index contributed by atoms with van der Waals surface area (Å²) in [6.07, 6.45) is 0. The molecule has 8 heteroatoms. The average molecular weight is 297 g/mol. The van der Waals surface area contributed by atoms with Crippen molar-refractivity contribution in [3.63, 3.8) is 0 Å². The molecule has 0 saturated heterocycles. The van der Waals surface area contributed by atoms with Gasteiger partial charge in [-0.05, 0) is 26.0 Å². The van der Waals surface area contributed by atoms with Crippen LogP contribution in [0.2, 0.25) is 0 Å². The van der Waals surface area contributed by atoms with Gasteiger partial charge in [-0.15, -0.1) is 0 Å². The first-order chi connectivity index (χ1) is 9.69. The molecule has 0 bridgehead atoms. The van der Waals surface area contributed by atoms with E-state index in [2.05, 4.69) is 10.6 Å². The van der Waals surface area contributed by atoms with Gasteiger partial charge in [-0.2, -0.15) is 4.39 Å². The fourth-order valence-electron chi connectivity index (χ4n) is 1.62. The van der Waals surface area contributed by atoms with Gasteiger partial charge in [0.15, 0.2) is 0 Å². The van der Waals surface area contributed by atoms with Gasteiger partial charge < -0.3 is 10.6 Å². The lowest BCUT2D eigenvalue weighted by atomic mass is 9.92. The van der Waals surface area contributed by atoms with E-state index in [0.29, 0.717) is 0 Å². The topological polar surface area (TPSA) is 101 Å². The van der Waals surface area contributed by atoms with Crippen LogP contribution in [-0.2, 0) is 4.79 Å². The fourth-order valence-corrected chi connectivity index (χ4v) is 1.62. The zero-order valence-corrected chi connectivity index (χ0v) is 11.9. The van der Waals surface area contributed by atoms with Gasteiger partial charge in [0.1, 0.15) is 0 Å². The Labute approximate surface area is 120 Å². The molecule has 0 fully saturated rings. The zero-order valence-electron chi connectivity index (χ0n) is 11.9. The van der Waals surface area contributed by atoms with E-state index in [1.807, 2.05) is 0 Å². The monoisotopic (exact) mass is 297 g/mol. The summed E-state index contributed by atoms with van der Waals surface area (Å²) < 4.78 is 13.4. The van der Waals surface area contributed by atoms with Crippen molar-refractivity contribution in [2.24, 2.45) is 5.41 Å². The second-order valence-corrected chi connectivity index (χ2v) is 5.07. The molecule has 0 aliphatic carbocycles. The van der Waals surface area contributed by atoms with E-state index >= 15 is 0 Å². The maximum atomic E-state index is 13.4. The largest absolute Gasteiger partial charge is 0.359 e. The number of nitrogens with one attached hydrogen (secondary N) is 2. The minimum Gasteiger partial charge on any atom is -0.359 e. The molecule has 0 saturated carbocycles. The lowest BCUT2D eigenvalue weighted by Crippen LogP contribution is -2.43. The summed E-state index contributed by atoms with van der Waals surface area (Å²) in [4.78, 5) is 33.0. The third-order valence-corrected chi connectivity index (χ3v) is 2.94. The zero-order chi connectivity index (χ0) is 16.2. The van der Waals surface area contributed by atoms with Crippen molar-refractivity contribution in [3.8, 4) is 0 Å². The van der Waals surface area contributed by atoms with Crippen LogP contribution >= 0.6 is 0 Å². The Balaban J connectivity index is 2.79. The summed E-state index contributed by atoms with van der Waals surface area (Å²) in [6.45, 7) is 3.33. The Hall–Kier alpha value is -2.51. The maximum absolute atomic E-state index is 13.4. The van der Waals surface area contributed by atoms with Crippen LogP contribution in [0, 0.1) is 21.3 Å². The second kappa shape index (κ2) is 6.29. The second-order valence-electron chi connectivity index (χ2n) is 5.07. The third kappa shape index (κ3) is 3.98. The van der Waals surface area contributed by atoms with Gasteiger partial charge in [0.05, 0.1) is 10.3 Å². The molecule has 1 aromatic carbocycles. The molecule has 7 nitrogen and oxygen atoms in total. The highest BCUT2D eigenvalue weighted by Gasteiger charge is 2.27. The third-order valence-electron chi connectivity index (χ3n) is 2.94. The van der Waals surface area contributed by atoms with Crippen LogP contribution in [0.3, 0.4) is 0 Å². The van der Waals surface area contributed by atoms with Gasteiger partial charge in [0.25, 0.3) is 5.91 Å². The van der Waals surface area contributed by atoms with Crippen molar-refractivity contribution in [3.05, 3.63) is 39.7 Å². The Morgan fingerprint density at radius 3 is 2.48 bits per heavy atom. The number of hydrogen-bond acceptors (Lipinski definition) is 4. The van der Waals surface area contributed by atoms with Crippen LogP contribution in [0.15, 0.2) is 18.2 Å². The molecule has 0 atom stereocenters. The van der Waals surface area contributed by atoms with Gasteiger partial charge in [-0.1, -0.05) is 0 Å². The minimum atomic E-state index is -1.08. The quantitative estimate of drug-likeness (QED) is 0.630. The maximum Gasteiger partial charge on any atom is 0.304 e. The summed E-state index contributed by atoms with van der Waals surface area (Å²) >= 11 is 0. The number of nitro benzene ring substituents is 1. The highest BCUT2D eigenvalue weighted by Crippen LogP contribution is 2.18. The summed E-state index contributed by atoms with van der Waals surface area (Å²) in [5.74, 6) is -1.95. The van der Waals surface area contributed by atoms with Gasteiger partial charge in [-0.3, -0.25) is 19.7 Å². The molecule has 0 aliphatic heterocycles. The number of carbonyl (C=O) groups is 2. The molecule has 2 N–H and O–H groups in total. The molecule has 114 valence electrons. The molecule has 2 amide bonds. The minimum absolute atomic E-state index is 0.0457. The van der Waals surface area contributed by atoms with Crippen molar-refractivity contribution in [2.45, 2.75) is 13.8 Å². The Morgan fingerprint density at radius 2 is 2.00 bits per heavy atom. The van der Waals surface area contributed by atoms with E-state index in [0.717, 1.165) is 18.2 Å². The van der Waals surface area contributed by atoms with Crippen molar-refractivity contribution >= 4 is 17.5 Å². The summed E-state index contributed by atoms with van der Waals surface area (Å²) in [7, 11) is 1.48.